The number of halogens is 2. The number of piperidine rings is 1. The van der Waals surface area contributed by atoms with Crippen LogP contribution in [0.3, 0.4) is 0 Å². The predicted octanol–water partition coefficient (Wildman–Crippen LogP) is 2.82. The van der Waals surface area contributed by atoms with Crippen LogP contribution in [-0.4, -0.2) is 37.1 Å². The molecule has 23 heavy (non-hydrogen) atoms. The Bertz CT molecular complexity index is 597. The fraction of sp³-hybridized carbons (Fsp3) is 0.500. The molecule has 1 aliphatic rings. The van der Waals surface area contributed by atoms with E-state index in [0.29, 0.717) is 19.5 Å². The highest BCUT2D eigenvalue weighted by molar-refractivity contribution is 6.30. The standard InChI is InChI=1S/C16H20ClFN2O3/c1-10-9-20(6-5-12(10)15(21)23-2)16(22)19-8-11-3-4-14(18)13(17)7-11/h3-4,7,10,12H,5-6,8-9H2,1-2H3,(H,19,22)/t10-,12+/m1/s1. The zero-order valence-corrected chi connectivity index (χ0v) is 13.9. The first-order valence-electron chi connectivity index (χ1n) is 7.47. The van der Waals surface area contributed by atoms with Crippen molar-refractivity contribution in [3.63, 3.8) is 0 Å². The Kier molecular flexibility index (Phi) is 5.82. The van der Waals surface area contributed by atoms with Gasteiger partial charge in [-0.15, -0.1) is 0 Å². The van der Waals surface area contributed by atoms with E-state index in [1.165, 1.54) is 19.2 Å². The molecule has 0 radical (unpaired) electrons. The van der Waals surface area contributed by atoms with E-state index >= 15 is 0 Å². The summed E-state index contributed by atoms with van der Waals surface area (Å²) in [6, 6.07) is 4.13. The first kappa shape index (κ1) is 17.5. The molecule has 5 nitrogen and oxygen atoms in total. The number of nitrogens with zero attached hydrogens (tertiary/aromatic N) is 1. The number of nitrogens with one attached hydrogen (secondary N) is 1. The van der Waals surface area contributed by atoms with Crippen LogP contribution < -0.4 is 5.32 Å². The Labute approximate surface area is 139 Å². The van der Waals surface area contributed by atoms with Crippen LogP contribution in [0.25, 0.3) is 0 Å². The summed E-state index contributed by atoms with van der Waals surface area (Å²) >= 11 is 5.71. The molecule has 2 amide bonds. The normalized spacial score (nSPS) is 21.0. The van der Waals surface area contributed by atoms with Gasteiger partial charge in [-0.25, -0.2) is 9.18 Å². The van der Waals surface area contributed by atoms with E-state index in [0.717, 1.165) is 5.56 Å². The third-order valence-electron chi connectivity index (χ3n) is 4.12. The predicted molar refractivity (Wildman–Crippen MR) is 84.5 cm³/mol. The number of urea groups is 1. The number of ether oxygens (including phenoxy) is 1. The second-order valence-electron chi connectivity index (χ2n) is 5.75. The molecule has 2 atom stereocenters. The number of amides is 2. The van der Waals surface area contributed by atoms with Crippen LogP contribution in [0.15, 0.2) is 18.2 Å². The summed E-state index contributed by atoms with van der Waals surface area (Å²) in [5.41, 5.74) is 0.724. The summed E-state index contributed by atoms with van der Waals surface area (Å²) in [4.78, 5) is 25.5. The third kappa shape index (κ3) is 4.34. The molecule has 0 unspecified atom stereocenters. The number of carbonyl (C=O) groups excluding carboxylic acids is 2. The summed E-state index contributed by atoms with van der Waals surface area (Å²) in [6.45, 7) is 3.20. The molecule has 0 aromatic heterocycles. The van der Waals surface area contributed by atoms with Crippen LogP contribution in [0.2, 0.25) is 5.02 Å². The monoisotopic (exact) mass is 342 g/mol. The molecule has 0 spiro atoms. The lowest BCUT2D eigenvalue weighted by molar-refractivity contribution is -0.148. The molecule has 126 valence electrons. The molecule has 1 fully saturated rings. The third-order valence-corrected chi connectivity index (χ3v) is 4.41. The van der Waals surface area contributed by atoms with Gasteiger partial charge in [-0.05, 0) is 30.0 Å². The van der Waals surface area contributed by atoms with Crippen LogP contribution in [0.4, 0.5) is 9.18 Å². The van der Waals surface area contributed by atoms with E-state index in [-0.39, 0.29) is 35.4 Å². The van der Waals surface area contributed by atoms with Crippen molar-refractivity contribution < 1.29 is 18.7 Å². The van der Waals surface area contributed by atoms with E-state index in [2.05, 4.69) is 5.32 Å². The van der Waals surface area contributed by atoms with Crippen molar-refractivity contribution in [2.24, 2.45) is 11.8 Å². The lowest BCUT2D eigenvalue weighted by atomic mass is 9.87. The zero-order chi connectivity index (χ0) is 17.0. The van der Waals surface area contributed by atoms with Gasteiger partial charge in [0.25, 0.3) is 0 Å². The van der Waals surface area contributed by atoms with Gasteiger partial charge >= 0.3 is 12.0 Å². The number of esters is 1. The Morgan fingerprint density at radius 2 is 2.22 bits per heavy atom. The lowest BCUT2D eigenvalue weighted by Crippen LogP contribution is -2.48. The van der Waals surface area contributed by atoms with Crippen molar-refractivity contribution in [3.05, 3.63) is 34.6 Å². The maximum absolute atomic E-state index is 13.1. The number of rotatable bonds is 3. The molecule has 1 N–H and O–H groups in total. The fourth-order valence-corrected chi connectivity index (χ4v) is 2.97. The topological polar surface area (TPSA) is 58.6 Å². The van der Waals surface area contributed by atoms with Gasteiger partial charge in [0.15, 0.2) is 0 Å². The van der Waals surface area contributed by atoms with Crippen LogP contribution in [0.5, 0.6) is 0 Å². The van der Waals surface area contributed by atoms with Crippen LogP contribution >= 0.6 is 11.6 Å². The molecule has 0 aliphatic carbocycles. The van der Waals surface area contributed by atoms with Gasteiger partial charge in [0.1, 0.15) is 5.82 Å². The maximum atomic E-state index is 13.1. The van der Waals surface area contributed by atoms with Crippen LogP contribution in [-0.2, 0) is 16.1 Å². The number of methoxy groups -OCH3 is 1. The van der Waals surface area contributed by atoms with Gasteiger partial charge in [-0.3, -0.25) is 4.79 Å². The number of benzene rings is 1. The molecule has 1 aliphatic heterocycles. The maximum Gasteiger partial charge on any atom is 0.317 e. The molecular formula is C16H20ClFN2O3. The quantitative estimate of drug-likeness (QED) is 0.859. The molecule has 0 saturated carbocycles. The van der Waals surface area contributed by atoms with Crippen molar-refractivity contribution in [2.75, 3.05) is 20.2 Å². The number of hydrogen-bond donors (Lipinski definition) is 1. The average Bonchev–Trinajstić information content (AvgIpc) is 2.54. The van der Waals surface area contributed by atoms with Crippen molar-refractivity contribution in [2.45, 2.75) is 19.9 Å². The van der Waals surface area contributed by atoms with Gasteiger partial charge in [0.2, 0.25) is 0 Å². The van der Waals surface area contributed by atoms with Crippen molar-refractivity contribution in [3.8, 4) is 0 Å². The highest BCUT2D eigenvalue weighted by atomic mass is 35.5. The minimum Gasteiger partial charge on any atom is -0.469 e. The minimum absolute atomic E-state index is 0.0317. The van der Waals surface area contributed by atoms with Gasteiger partial charge in [-0.2, -0.15) is 0 Å². The van der Waals surface area contributed by atoms with E-state index in [1.54, 1.807) is 11.0 Å². The van der Waals surface area contributed by atoms with Gasteiger partial charge in [0, 0.05) is 19.6 Å². The van der Waals surface area contributed by atoms with E-state index in [1.807, 2.05) is 6.92 Å². The van der Waals surface area contributed by atoms with Gasteiger partial charge in [0.05, 0.1) is 18.1 Å². The molecule has 1 saturated heterocycles. The molecule has 0 bridgehead atoms. The average molecular weight is 343 g/mol. The molecule has 2 rings (SSSR count). The van der Waals surface area contributed by atoms with Crippen molar-refractivity contribution >= 4 is 23.6 Å². The van der Waals surface area contributed by atoms with Crippen LogP contribution in [0.1, 0.15) is 18.9 Å². The Hall–Kier alpha value is -1.82. The summed E-state index contributed by atoms with van der Waals surface area (Å²) in [5, 5.41) is 2.82. The van der Waals surface area contributed by atoms with Crippen LogP contribution in [0, 0.1) is 17.7 Å². The lowest BCUT2D eigenvalue weighted by Gasteiger charge is -2.35. The summed E-state index contributed by atoms with van der Waals surface area (Å²) in [6.07, 6.45) is 0.587. The smallest absolute Gasteiger partial charge is 0.317 e. The summed E-state index contributed by atoms with van der Waals surface area (Å²) < 4.78 is 17.9. The molecule has 7 heteroatoms. The highest BCUT2D eigenvalue weighted by Gasteiger charge is 2.33. The van der Waals surface area contributed by atoms with E-state index in [4.69, 9.17) is 16.3 Å². The number of carbonyl (C=O) groups is 2. The summed E-state index contributed by atoms with van der Waals surface area (Å²) in [5.74, 6) is -0.832. The Morgan fingerprint density at radius 1 is 1.48 bits per heavy atom. The largest absolute Gasteiger partial charge is 0.469 e. The first-order chi connectivity index (χ1) is 10.9. The zero-order valence-electron chi connectivity index (χ0n) is 13.1. The highest BCUT2D eigenvalue weighted by Crippen LogP contribution is 2.24. The van der Waals surface area contributed by atoms with Crippen molar-refractivity contribution in [1.82, 2.24) is 10.2 Å². The molecular weight excluding hydrogens is 323 g/mol. The van der Waals surface area contributed by atoms with E-state index in [9.17, 15) is 14.0 Å². The summed E-state index contributed by atoms with van der Waals surface area (Å²) in [7, 11) is 1.38. The molecule has 1 aromatic rings. The van der Waals surface area contributed by atoms with Gasteiger partial charge < -0.3 is 15.0 Å². The van der Waals surface area contributed by atoms with Gasteiger partial charge in [-0.1, -0.05) is 24.6 Å². The van der Waals surface area contributed by atoms with E-state index < -0.39 is 5.82 Å². The fourth-order valence-electron chi connectivity index (χ4n) is 2.77. The minimum atomic E-state index is -0.486. The Balaban J connectivity index is 1.87. The molecule has 1 heterocycles. The number of likely N-dealkylation sites (tertiary alicyclic amines) is 1. The van der Waals surface area contributed by atoms with Crippen molar-refractivity contribution in [1.29, 1.82) is 0 Å². The second kappa shape index (κ2) is 7.64. The second-order valence-corrected chi connectivity index (χ2v) is 6.16. The Morgan fingerprint density at radius 3 is 2.83 bits per heavy atom. The SMILES string of the molecule is COC(=O)[C@H]1CCN(C(=O)NCc2ccc(F)c(Cl)c2)C[C@H]1C. The number of hydrogen-bond acceptors (Lipinski definition) is 3. The first-order valence-corrected chi connectivity index (χ1v) is 7.84. The molecule has 1 aromatic carbocycles.